The zero-order valence-electron chi connectivity index (χ0n) is 16.9. The number of rotatable bonds is 8. The lowest BCUT2D eigenvalue weighted by atomic mass is 10.0. The van der Waals surface area contributed by atoms with Crippen LogP contribution in [0.4, 0.5) is 0 Å². The van der Waals surface area contributed by atoms with E-state index in [4.69, 9.17) is 5.11 Å². The average Bonchev–Trinajstić information content (AvgIpc) is 3.31. The Morgan fingerprint density at radius 3 is 2.39 bits per heavy atom. The highest BCUT2D eigenvalue weighted by molar-refractivity contribution is 5.94. The van der Waals surface area contributed by atoms with E-state index in [1.165, 1.54) is 6.92 Å². The van der Waals surface area contributed by atoms with E-state index in [0.717, 1.165) is 25.8 Å². The molecule has 2 saturated heterocycles. The van der Waals surface area contributed by atoms with E-state index in [1.54, 1.807) is 4.90 Å². The van der Waals surface area contributed by atoms with E-state index in [2.05, 4.69) is 16.0 Å². The Labute approximate surface area is 165 Å². The van der Waals surface area contributed by atoms with Crippen LogP contribution >= 0.6 is 0 Å². The summed E-state index contributed by atoms with van der Waals surface area (Å²) in [6.07, 6.45) is 3.41. The first-order valence-electron chi connectivity index (χ1n) is 10.1. The van der Waals surface area contributed by atoms with Gasteiger partial charge in [0.25, 0.3) is 0 Å². The van der Waals surface area contributed by atoms with E-state index in [-0.39, 0.29) is 23.8 Å². The van der Waals surface area contributed by atoms with Crippen LogP contribution in [0.15, 0.2) is 0 Å². The van der Waals surface area contributed by atoms with Crippen molar-refractivity contribution >= 4 is 23.7 Å². The van der Waals surface area contributed by atoms with Gasteiger partial charge in [-0.05, 0) is 51.5 Å². The summed E-state index contributed by atoms with van der Waals surface area (Å²) in [5.41, 5.74) is 0. The van der Waals surface area contributed by atoms with Crippen molar-refractivity contribution in [2.24, 2.45) is 5.92 Å². The molecule has 0 bridgehead atoms. The maximum atomic E-state index is 12.9. The van der Waals surface area contributed by atoms with Gasteiger partial charge in [0.2, 0.25) is 17.7 Å². The molecule has 3 amide bonds. The second-order valence-electron chi connectivity index (χ2n) is 8.10. The van der Waals surface area contributed by atoms with Crippen LogP contribution in [-0.4, -0.2) is 71.0 Å². The number of carbonyl (C=O) groups is 4. The topological polar surface area (TPSA) is 128 Å². The Kier molecular flexibility index (Phi) is 7.79. The van der Waals surface area contributed by atoms with Gasteiger partial charge in [0.05, 0.1) is 6.04 Å². The first-order valence-corrected chi connectivity index (χ1v) is 10.1. The lowest BCUT2D eigenvalue weighted by molar-refractivity contribution is -0.142. The van der Waals surface area contributed by atoms with E-state index in [1.807, 2.05) is 13.8 Å². The molecule has 2 heterocycles. The number of carbonyl (C=O) groups excluding carboxylic acids is 3. The first kappa shape index (κ1) is 22.1. The van der Waals surface area contributed by atoms with Crippen LogP contribution in [0, 0.1) is 5.92 Å². The zero-order chi connectivity index (χ0) is 20.8. The minimum atomic E-state index is -1.14. The molecule has 9 nitrogen and oxygen atoms in total. The van der Waals surface area contributed by atoms with Crippen LogP contribution in [-0.2, 0) is 19.2 Å². The fourth-order valence-electron chi connectivity index (χ4n) is 3.75. The minimum Gasteiger partial charge on any atom is -0.480 e. The SMILES string of the molecule is CC(C)C[C@H](NC(=O)[C@@H]1CCCN1C(=O)[C@@H]1CCCN1)C(=O)N[C@@H](C)C(=O)O. The van der Waals surface area contributed by atoms with Crippen LogP contribution < -0.4 is 16.0 Å². The predicted octanol–water partition coefficient (Wildman–Crippen LogP) is -0.150. The molecule has 2 aliphatic heterocycles. The van der Waals surface area contributed by atoms with E-state index >= 15 is 0 Å². The van der Waals surface area contributed by atoms with Crippen molar-refractivity contribution in [2.75, 3.05) is 13.1 Å². The number of carboxylic acid groups (broad SMARTS) is 1. The van der Waals surface area contributed by atoms with Crippen molar-refractivity contribution in [2.45, 2.75) is 77.0 Å². The van der Waals surface area contributed by atoms with Crippen molar-refractivity contribution in [3.05, 3.63) is 0 Å². The van der Waals surface area contributed by atoms with Gasteiger partial charge < -0.3 is 26.0 Å². The number of hydrogen-bond donors (Lipinski definition) is 4. The monoisotopic (exact) mass is 396 g/mol. The van der Waals surface area contributed by atoms with Gasteiger partial charge in [0, 0.05) is 6.54 Å². The molecule has 158 valence electrons. The van der Waals surface area contributed by atoms with Crippen molar-refractivity contribution in [3.8, 4) is 0 Å². The fraction of sp³-hybridized carbons (Fsp3) is 0.789. The number of aliphatic carboxylic acids is 1. The summed E-state index contributed by atoms with van der Waals surface area (Å²) >= 11 is 0. The molecule has 0 radical (unpaired) electrons. The highest BCUT2D eigenvalue weighted by atomic mass is 16.4. The van der Waals surface area contributed by atoms with Crippen LogP contribution in [0.3, 0.4) is 0 Å². The maximum absolute atomic E-state index is 12.9. The first-order chi connectivity index (χ1) is 13.2. The van der Waals surface area contributed by atoms with Gasteiger partial charge in [0.1, 0.15) is 18.1 Å². The molecule has 4 N–H and O–H groups in total. The number of nitrogens with zero attached hydrogens (tertiary/aromatic N) is 1. The Morgan fingerprint density at radius 1 is 1.11 bits per heavy atom. The number of nitrogens with one attached hydrogen (secondary N) is 3. The normalized spacial score (nSPS) is 24.1. The summed E-state index contributed by atoms with van der Waals surface area (Å²) < 4.78 is 0. The zero-order valence-corrected chi connectivity index (χ0v) is 16.9. The number of hydrogen-bond acceptors (Lipinski definition) is 5. The molecular weight excluding hydrogens is 364 g/mol. The van der Waals surface area contributed by atoms with Crippen LogP contribution in [0.1, 0.15) is 52.9 Å². The highest BCUT2D eigenvalue weighted by Crippen LogP contribution is 2.21. The molecule has 2 aliphatic rings. The van der Waals surface area contributed by atoms with Gasteiger partial charge in [-0.25, -0.2) is 0 Å². The largest absolute Gasteiger partial charge is 0.480 e. The number of amides is 3. The Balaban J connectivity index is 2.03. The van der Waals surface area contributed by atoms with Crippen molar-refractivity contribution in [1.29, 1.82) is 0 Å². The molecule has 0 unspecified atom stereocenters. The standard InChI is InChI=1S/C19H32N4O5/c1-11(2)10-14(16(24)21-12(3)19(27)28)22-17(25)15-7-5-9-23(15)18(26)13-6-4-8-20-13/h11-15,20H,4-10H2,1-3H3,(H,21,24)(H,22,25)(H,27,28)/t12-,13-,14-,15-/m0/s1. The van der Waals surface area contributed by atoms with Crippen molar-refractivity contribution in [1.82, 2.24) is 20.9 Å². The summed E-state index contributed by atoms with van der Waals surface area (Å²) in [7, 11) is 0. The lowest BCUT2D eigenvalue weighted by Gasteiger charge is -2.29. The van der Waals surface area contributed by atoms with Gasteiger partial charge in [-0.1, -0.05) is 13.8 Å². The molecule has 0 aromatic heterocycles. The van der Waals surface area contributed by atoms with Crippen LogP contribution in [0.5, 0.6) is 0 Å². The molecule has 0 aromatic carbocycles. The minimum absolute atomic E-state index is 0.0560. The maximum Gasteiger partial charge on any atom is 0.325 e. The molecule has 28 heavy (non-hydrogen) atoms. The number of carboxylic acids is 1. The van der Waals surface area contributed by atoms with Gasteiger partial charge in [-0.2, -0.15) is 0 Å². The quantitative estimate of drug-likeness (QED) is 0.452. The van der Waals surface area contributed by atoms with Crippen LogP contribution in [0.25, 0.3) is 0 Å². The van der Waals surface area contributed by atoms with Crippen LogP contribution in [0.2, 0.25) is 0 Å². The molecule has 4 atom stereocenters. The fourth-order valence-corrected chi connectivity index (χ4v) is 3.75. The molecule has 9 heteroatoms. The second-order valence-corrected chi connectivity index (χ2v) is 8.10. The third kappa shape index (κ3) is 5.67. The molecule has 2 fully saturated rings. The molecule has 2 rings (SSSR count). The van der Waals surface area contributed by atoms with Gasteiger partial charge in [0.15, 0.2) is 0 Å². The highest BCUT2D eigenvalue weighted by Gasteiger charge is 2.39. The third-order valence-electron chi connectivity index (χ3n) is 5.27. The summed E-state index contributed by atoms with van der Waals surface area (Å²) in [6, 6.07) is -2.71. The Hall–Kier alpha value is -2.16. The van der Waals surface area contributed by atoms with Crippen molar-refractivity contribution in [3.63, 3.8) is 0 Å². The van der Waals surface area contributed by atoms with Gasteiger partial charge in [-0.15, -0.1) is 0 Å². The molecule has 0 aromatic rings. The van der Waals surface area contributed by atoms with E-state index < -0.39 is 30.0 Å². The summed E-state index contributed by atoms with van der Waals surface area (Å²) in [6.45, 7) is 6.56. The molecule has 0 saturated carbocycles. The van der Waals surface area contributed by atoms with Gasteiger partial charge in [-0.3, -0.25) is 19.2 Å². The van der Waals surface area contributed by atoms with Gasteiger partial charge >= 0.3 is 5.97 Å². The lowest BCUT2D eigenvalue weighted by Crippen LogP contribution is -2.56. The molecular formula is C19H32N4O5. The third-order valence-corrected chi connectivity index (χ3v) is 5.27. The molecule has 0 spiro atoms. The predicted molar refractivity (Wildman–Crippen MR) is 102 cm³/mol. The summed E-state index contributed by atoms with van der Waals surface area (Å²) in [4.78, 5) is 50.7. The average molecular weight is 396 g/mol. The molecule has 0 aliphatic carbocycles. The number of likely N-dealkylation sites (tertiary alicyclic amines) is 1. The van der Waals surface area contributed by atoms with E-state index in [9.17, 15) is 19.2 Å². The summed E-state index contributed by atoms with van der Waals surface area (Å²) in [5.74, 6) is -1.95. The Morgan fingerprint density at radius 2 is 1.82 bits per heavy atom. The smallest absolute Gasteiger partial charge is 0.325 e. The van der Waals surface area contributed by atoms with E-state index in [0.29, 0.717) is 19.4 Å². The van der Waals surface area contributed by atoms with Crippen molar-refractivity contribution < 1.29 is 24.3 Å². The summed E-state index contributed by atoms with van der Waals surface area (Å²) in [5, 5.41) is 17.3. The second kappa shape index (κ2) is 9.86. The Bertz CT molecular complexity index is 603.